The van der Waals surface area contributed by atoms with Crippen LogP contribution >= 0.6 is 11.6 Å². The molecule has 96 valence electrons. The van der Waals surface area contributed by atoms with Gasteiger partial charge in [-0.05, 0) is 0 Å². The van der Waals surface area contributed by atoms with E-state index in [0.29, 0.717) is 11.2 Å². The van der Waals surface area contributed by atoms with Crippen molar-refractivity contribution in [1.29, 1.82) is 0 Å². The standard InChI is InChI=1S/C9H11ClN6O2/c1-18-2-4(11)8(17)16-9-14-6(10)5-7(15-9)13-3-12-5/h3-4H,2,11H2,1H3,(H2,12,13,14,15,16,17). The molecule has 8 nitrogen and oxygen atoms in total. The van der Waals surface area contributed by atoms with Gasteiger partial charge in [0.05, 0.1) is 12.9 Å². The fraction of sp³-hybridized carbons (Fsp3) is 0.333. The van der Waals surface area contributed by atoms with Gasteiger partial charge >= 0.3 is 0 Å². The largest absolute Gasteiger partial charge is 0.383 e. The highest BCUT2D eigenvalue weighted by Gasteiger charge is 2.16. The molecule has 0 bridgehead atoms. The predicted octanol–water partition coefficient (Wildman–Crippen LogP) is -0.0815. The summed E-state index contributed by atoms with van der Waals surface area (Å²) in [6.07, 6.45) is 1.44. The molecule has 0 aliphatic heterocycles. The fourth-order valence-corrected chi connectivity index (χ4v) is 1.53. The van der Waals surface area contributed by atoms with E-state index in [1.165, 1.54) is 13.4 Å². The number of rotatable bonds is 4. The van der Waals surface area contributed by atoms with Gasteiger partial charge in [0.2, 0.25) is 11.9 Å². The quantitative estimate of drug-likeness (QED) is 0.669. The van der Waals surface area contributed by atoms with E-state index in [1.54, 1.807) is 0 Å². The van der Waals surface area contributed by atoms with Gasteiger partial charge in [-0.15, -0.1) is 0 Å². The van der Waals surface area contributed by atoms with Crippen molar-refractivity contribution in [2.75, 3.05) is 19.0 Å². The number of aromatic nitrogens is 4. The summed E-state index contributed by atoms with van der Waals surface area (Å²) in [7, 11) is 1.45. The summed E-state index contributed by atoms with van der Waals surface area (Å²) < 4.78 is 4.77. The lowest BCUT2D eigenvalue weighted by atomic mass is 10.3. The highest BCUT2D eigenvalue weighted by atomic mass is 35.5. The minimum atomic E-state index is -0.799. The Hall–Kier alpha value is -1.77. The van der Waals surface area contributed by atoms with E-state index >= 15 is 0 Å². The number of carbonyl (C=O) groups is 1. The molecule has 1 atom stereocenters. The third-order valence-corrected chi connectivity index (χ3v) is 2.43. The number of nitrogens with zero attached hydrogens (tertiary/aromatic N) is 3. The minimum absolute atomic E-state index is 0.0520. The molecular formula is C9H11ClN6O2. The summed E-state index contributed by atoms with van der Waals surface area (Å²) in [5.74, 6) is -0.404. The molecule has 0 saturated heterocycles. The van der Waals surface area contributed by atoms with E-state index in [4.69, 9.17) is 22.1 Å². The summed E-state index contributed by atoms with van der Waals surface area (Å²) in [4.78, 5) is 26.3. The van der Waals surface area contributed by atoms with Gasteiger partial charge in [0.1, 0.15) is 11.6 Å². The average molecular weight is 271 g/mol. The number of ether oxygens (including phenoxy) is 1. The molecule has 18 heavy (non-hydrogen) atoms. The molecule has 0 aliphatic carbocycles. The number of nitrogens with two attached hydrogens (primary N) is 1. The van der Waals surface area contributed by atoms with Crippen LogP contribution in [0.4, 0.5) is 5.95 Å². The number of methoxy groups -OCH3 is 1. The van der Waals surface area contributed by atoms with Crippen LogP contribution in [0.15, 0.2) is 6.33 Å². The number of hydrogen-bond acceptors (Lipinski definition) is 6. The second-order valence-corrected chi connectivity index (χ2v) is 3.85. The summed E-state index contributed by atoms with van der Waals surface area (Å²) in [6, 6.07) is -0.799. The molecular weight excluding hydrogens is 260 g/mol. The maximum Gasteiger partial charge on any atom is 0.246 e. The van der Waals surface area contributed by atoms with Gasteiger partial charge in [0.25, 0.3) is 0 Å². The smallest absolute Gasteiger partial charge is 0.246 e. The Kier molecular flexibility index (Phi) is 3.70. The van der Waals surface area contributed by atoms with Gasteiger partial charge < -0.3 is 15.5 Å². The first-order valence-electron chi connectivity index (χ1n) is 5.04. The number of amides is 1. The van der Waals surface area contributed by atoms with Gasteiger partial charge in [-0.3, -0.25) is 10.1 Å². The van der Waals surface area contributed by atoms with Crippen LogP contribution in [-0.2, 0) is 9.53 Å². The molecule has 0 fully saturated rings. The van der Waals surface area contributed by atoms with Crippen molar-refractivity contribution < 1.29 is 9.53 Å². The van der Waals surface area contributed by atoms with E-state index in [1.807, 2.05) is 0 Å². The second-order valence-electron chi connectivity index (χ2n) is 3.49. The normalized spacial score (nSPS) is 12.6. The zero-order valence-corrected chi connectivity index (χ0v) is 10.2. The van der Waals surface area contributed by atoms with Crippen molar-refractivity contribution >= 4 is 34.6 Å². The van der Waals surface area contributed by atoms with Gasteiger partial charge in [-0.25, -0.2) is 4.98 Å². The minimum Gasteiger partial charge on any atom is -0.383 e. The summed E-state index contributed by atoms with van der Waals surface area (Å²) in [6.45, 7) is 0.101. The van der Waals surface area contributed by atoms with Crippen LogP contribution in [-0.4, -0.2) is 45.6 Å². The predicted molar refractivity (Wildman–Crippen MR) is 65.2 cm³/mol. The second kappa shape index (κ2) is 5.25. The Morgan fingerprint density at radius 3 is 3.17 bits per heavy atom. The summed E-state index contributed by atoms with van der Waals surface area (Å²) in [5, 5.41) is 2.62. The number of anilines is 1. The summed E-state index contributed by atoms with van der Waals surface area (Å²) >= 11 is 5.90. The van der Waals surface area contributed by atoms with Crippen LogP contribution in [0, 0.1) is 0 Å². The zero-order valence-electron chi connectivity index (χ0n) is 9.48. The molecule has 0 spiro atoms. The van der Waals surface area contributed by atoms with E-state index in [-0.39, 0.29) is 17.7 Å². The topological polar surface area (TPSA) is 119 Å². The molecule has 4 N–H and O–H groups in total. The third-order valence-electron chi connectivity index (χ3n) is 2.16. The molecule has 0 aliphatic rings. The molecule has 2 aromatic heterocycles. The Bertz CT molecular complexity index is 571. The van der Waals surface area contributed by atoms with E-state index in [0.717, 1.165) is 0 Å². The van der Waals surface area contributed by atoms with Crippen molar-refractivity contribution in [3.05, 3.63) is 11.5 Å². The lowest BCUT2D eigenvalue weighted by Gasteiger charge is -2.09. The average Bonchev–Trinajstić information content (AvgIpc) is 2.77. The molecule has 0 saturated carbocycles. The van der Waals surface area contributed by atoms with E-state index in [9.17, 15) is 4.79 Å². The van der Waals surface area contributed by atoms with Gasteiger partial charge in [0, 0.05) is 7.11 Å². The Morgan fingerprint density at radius 2 is 2.44 bits per heavy atom. The fourth-order valence-electron chi connectivity index (χ4n) is 1.31. The SMILES string of the molecule is COCC(N)C(=O)Nc1nc(Cl)c2[nH]cnc2n1. The van der Waals surface area contributed by atoms with E-state index in [2.05, 4.69) is 25.3 Å². The number of carbonyl (C=O) groups excluding carboxylic acids is 1. The number of nitrogens with one attached hydrogen (secondary N) is 2. The molecule has 1 amide bonds. The maximum atomic E-state index is 11.6. The van der Waals surface area contributed by atoms with E-state index < -0.39 is 11.9 Å². The lowest BCUT2D eigenvalue weighted by Crippen LogP contribution is -2.39. The number of aromatic amines is 1. The van der Waals surface area contributed by atoms with Crippen molar-refractivity contribution in [3.63, 3.8) is 0 Å². The van der Waals surface area contributed by atoms with Crippen molar-refractivity contribution in [2.24, 2.45) is 5.73 Å². The lowest BCUT2D eigenvalue weighted by molar-refractivity contribution is -0.118. The van der Waals surface area contributed by atoms with Gasteiger partial charge in [-0.1, -0.05) is 11.6 Å². The number of halogens is 1. The van der Waals surface area contributed by atoms with Crippen molar-refractivity contribution in [1.82, 2.24) is 19.9 Å². The van der Waals surface area contributed by atoms with Crippen molar-refractivity contribution in [3.8, 4) is 0 Å². The molecule has 0 radical (unpaired) electrons. The first-order valence-corrected chi connectivity index (χ1v) is 5.41. The first-order chi connectivity index (χ1) is 8.61. The molecule has 2 rings (SSSR count). The summed E-state index contributed by atoms with van der Waals surface area (Å²) in [5.41, 5.74) is 6.44. The highest BCUT2D eigenvalue weighted by Crippen LogP contribution is 2.18. The molecule has 9 heteroatoms. The Labute approximate surface area is 107 Å². The van der Waals surface area contributed by atoms with Crippen LogP contribution in [0.3, 0.4) is 0 Å². The van der Waals surface area contributed by atoms with Crippen molar-refractivity contribution in [2.45, 2.75) is 6.04 Å². The van der Waals surface area contributed by atoms with Crippen LogP contribution in [0.1, 0.15) is 0 Å². The number of hydrogen-bond donors (Lipinski definition) is 3. The highest BCUT2D eigenvalue weighted by molar-refractivity contribution is 6.33. The maximum absolute atomic E-state index is 11.6. The Morgan fingerprint density at radius 1 is 1.67 bits per heavy atom. The number of H-pyrrole nitrogens is 1. The van der Waals surface area contributed by atoms with Crippen LogP contribution in [0.2, 0.25) is 5.15 Å². The van der Waals surface area contributed by atoms with Gasteiger partial charge in [-0.2, -0.15) is 9.97 Å². The monoisotopic (exact) mass is 270 g/mol. The molecule has 2 heterocycles. The van der Waals surface area contributed by atoms with Crippen LogP contribution < -0.4 is 11.1 Å². The van der Waals surface area contributed by atoms with Gasteiger partial charge in [0.15, 0.2) is 10.8 Å². The number of fused-ring (bicyclic) bond motifs is 1. The number of imidazole rings is 1. The molecule has 1 unspecified atom stereocenters. The molecule has 2 aromatic rings. The first kappa shape index (κ1) is 12.7. The van der Waals surface area contributed by atoms with Crippen LogP contribution in [0.5, 0.6) is 0 Å². The Balaban J connectivity index is 2.19. The third kappa shape index (κ3) is 2.55. The molecule has 0 aromatic carbocycles. The van der Waals surface area contributed by atoms with Crippen LogP contribution in [0.25, 0.3) is 11.2 Å². The zero-order chi connectivity index (χ0) is 13.1.